The van der Waals surface area contributed by atoms with Gasteiger partial charge in [-0.25, -0.2) is 19.3 Å². The fourth-order valence-corrected chi connectivity index (χ4v) is 4.82. The zero-order valence-electron chi connectivity index (χ0n) is 19.5. The van der Waals surface area contributed by atoms with Crippen molar-refractivity contribution in [2.45, 2.75) is 62.8 Å². The maximum atomic E-state index is 15.2. The molecule has 1 aromatic carbocycles. The summed E-state index contributed by atoms with van der Waals surface area (Å²) in [4.78, 5) is 27.7. The van der Waals surface area contributed by atoms with Gasteiger partial charge in [0.05, 0.1) is 12.9 Å². The number of nitrogens with two attached hydrogens (primary N) is 2. The second-order valence-electron chi connectivity index (χ2n) is 10.1. The van der Waals surface area contributed by atoms with Gasteiger partial charge in [0.1, 0.15) is 23.2 Å². The lowest BCUT2D eigenvalue weighted by Gasteiger charge is -2.27. The van der Waals surface area contributed by atoms with E-state index in [1.807, 2.05) is 4.57 Å². The fraction of sp³-hybridized carbons (Fsp3) is 0.500. The fourth-order valence-electron chi connectivity index (χ4n) is 4.82. The van der Waals surface area contributed by atoms with Crippen molar-refractivity contribution in [3.05, 3.63) is 41.7 Å². The summed E-state index contributed by atoms with van der Waals surface area (Å²) >= 11 is 0. The van der Waals surface area contributed by atoms with E-state index >= 15 is 4.39 Å². The number of anilines is 2. The van der Waals surface area contributed by atoms with E-state index in [0.29, 0.717) is 61.2 Å². The number of amides is 1. The van der Waals surface area contributed by atoms with Gasteiger partial charge in [-0.05, 0) is 44.2 Å². The zero-order chi connectivity index (χ0) is 24.2. The molecular formula is C24H30FN9O. The number of hydrogen-bond acceptors (Lipinski definition) is 8. The van der Waals surface area contributed by atoms with Crippen LogP contribution in [-0.2, 0) is 17.9 Å². The molecule has 3 heterocycles. The molecule has 35 heavy (non-hydrogen) atoms. The lowest BCUT2D eigenvalue weighted by molar-refractivity contribution is -0.125. The molecule has 1 amide bonds. The topological polar surface area (TPSA) is 140 Å². The molecule has 10 nitrogen and oxygen atoms in total. The van der Waals surface area contributed by atoms with Crippen molar-refractivity contribution < 1.29 is 9.18 Å². The highest BCUT2D eigenvalue weighted by Crippen LogP contribution is 2.34. The van der Waals surface area contributed by atoms with Gasteiger partial charge in [-0.1, -0.05) is 0 Å². The van der Waals surface area contributed by atoms with Crippen molar-refractivity contribution in [3.63, 3.8) is 0 Å². The van der Waals surface area contributed by atoms with Crippen molar-refractivity contribution in [1.29, 1.82) is 0 Å². The highest BCUT2D eigenvalue weighted by Gasteiger charge is 2.43. The van der Waals surface area contributed by atoms with Gasteiger partial charge < -0.3 is 31.6 Å². The molecule has 3 fully saturated rings. The van der Waals surface area contributed by atoms with E-state index in [1.54, 1.807) is 12.4 Å². The van der Waals surface area contributed by atoms with Crippen LogP contribution in [0, 0.1) is 5.82 Å². The molecular weight excluding hydrogens is 449 g/mol. The van der Waals surface area contributed by atoms with Crippen LogP contribution < -0.4 is 27.0 Å². The average Bonchev–Trinajstić information content (AvgIpc) is 3.76. The molecule has 2 aliphatic carbocycles. The molecule has 6 rings (SSSR count). The van der Waals surface area contributed by atoms with Crippen LogP contribution in [0.1, 0.15) is 43.2 Å². The highest BCUT2D eigenvalue weighted by molar-refractivity contribution is 5.88. The molecule has 2 aromatic heterocycles. The van der Waals surface area contributed by atoms with E-state index in [2.05, 4.69) is 30.5 Å². The monoisotopic (exact) mass is 479 g/mol. The number of halogens is 1. The number of rotatable bonds is 8. The average molecular weight is 480 g/mol. The Hall–Kier alpha value is -3.31. The first-order valence-corrected chi connectivity index (χ1v) is 12.2. The smallest absolute Gasteiger partial charge is 0.242 e. The van der Waals surface area contributed by atoms with Crippen LogP contribution in [0.5, 0.6) is 0 Å². The molecule has 0 bridgehead atoms. The Morgan fingerprint density at radius 3 is 2.71 bits per heavy atom. The van der Waals surface area contributed by atoms with Crippen LogP contribution in [0.4, 0.5) is 15.9 Å². The summed E-state index contributed by atoms with van der Waals surface area (Å²) in [5.74, 6) is -0.0623. The summed E-state index contributed by atoms with van der Waals surface area (Å²) in [5.41, 5.74) is 15.0. The van der Waals surface area contributed by atoms with Gasteiger partial charge >= 0.3 is 0 Å². The van der Waals surface area contributed by atoms with E-state index in [4.69, 9.17) is 11.5 Å². The lowest BCUT2D eigenvalue weighted by Crippen LogP contribution is -2.56. The maximum Gasteiger partial charge on any atom is 0.242 e. The summed E-state index contributed by atoms with van der Waals surface area (Å²) < 4.78 is 17.1. The van der Waals surface area contributed by atoms with Crippen molar-refractivity contribution in [2.24, 2.45) is 5.73 Å². The Bertz CT molecular complexity index is 1290. The second-order valence-corrected chi connectivity index (χ2v) is 10.1. The van der Waals surface area contributed by atoms with Gasteiger partial charge in [0.15, 0.2) is 11.5 Å². The van der Waals surface area contributed by atoms with Crippen molar-refractivity contribution in [2.75, 3.05) is 23.7 Å². The number of nitrogens with zero attached hydrogens (tertiary/aromatic N) is 5. The Morgan fingerprint density at radius 1 is 1.14 bits per heavy atom. The quantitative estimate of drug-likeness (QED) is 0.376. The Kier molecular flexibility index (Phi) is 5.33. The largest absolute Gasteiger partial charge is 0.382 e. The lowest BCUT2D eigenvalue weighted by atomic mass is 9.99. The molecule has 0 spiro atoms. The van der Waals surface area contributed by atoms with Gasteiger partial charge in [0, 0.05) is 48.5 Å². The zero-order valence-corrected chi connectivity index (χ0v) is 19.5. The number of imidazole rings is 1. The maximum absolute atomic E-state index is 15.2. The summed E-state index contributed by atoms with van der Waals surface area (Å²) in [6.45, 7) is 1.76. The molecule has 0 radical (unpaired) electrons. The minimum atomic E-state index is -0.968. The van der Waals surface area contributed by atoms with Crippen LogP contribution in [-0.4, -0.2) is 56.1 Å². The molecule has 11 heteroatoms. The van der Waals surface area contributed by atoms with E-state index in [9.17, 15) is 4.79 Å². The molecule has 0 unspecified atom stereocenters. The second kappa shape index (κ2) is 8.42. The van der Waals surface area contributed by atoms with Gasteiger partial charge in [-0.15, -0.1) is 0 Å². The summed E-state index contributed by atoms with van der Waals surface area (Å²) in [6.07, 6.45) is 7.84. The number of hydrogen-bond donors (Lipinski definition) is 4. The third kappa shape index (κ3) is 4.30. The first kappa shape index (κ1) is 22.2. The number of carbonyl (C=O) groups is 1. The third-order valence-corrected chi connectivity index (χ3v) is 7.26. The Balaban J connectivity index is 1.35. The van der Waals surface area contributed by atoms with Crippen LogP contribution in [0.2, 0.25) is 0 Å². The van der Waals surface area contributed by atoms with Crippen molar-refractivity contribution >= 4 is 28.6 Å². The number of benzene rings is 1. The standard InChI is InChI=1S/C24H30FN9O/c25-18-5-6-19(33-8-7-24(27,11-33)23(35)32-15-3-4-15)17(16(18)9-28-14-1-2-14)10-34-13-31-20-21(26)29-12-30-22(20)34/h5-6,12-15,28H,1-4,7-11,27H2,(H,32,35)(H2,26,29,30)/t24-/m1/s1. The van der Waals surface area contributed by atoms with Crippen LogP contribution in [0.3, 0.4) is 0 Å². The Morgan fingerprint density at radius 2 is 1.94 bits per heavy atom. The van der Waals surface area contributed by atoms with Crippen molar-refractivity contribution in [1.82, 2.24) is 30.2 Å². The number of nitrogen functional groups attached to an aromatic ring is 1. The van der Waals surface area contributed by atoms with Gasteiger partial charge in [0.2, 0.25) is 5.91 Å². The SMILES string of the molecule is Nc1ncnc2c1ncn2Cc1c(N2CC[C@](N)(C(=O)NC3CC3)C2)ccc(F)c1CNC1CC1. The van der Waals surface area contributed by atoms with E-state index in [0.717, 1.165) is 36.9 Å². The predicted molar refractivity (Wildman–Crippen MR) is 130 cm³/mol. The first-order valence-electron chi connectivity index (χ1n) is 12.2. The Labute approximate surface area is 202 Å². The van der Waals surface area contributed by atoms with Crippen molar-refractivity contribution in [3.8, 4) is 0 Å². The minimum Gasteiger partial charge on any atom is -0.382 e. The van der Waals surface area contributed by atoms with Gasteiger partial charge in [-0.2, -0.15) is 0 Å². The molecule has 1 atom stereocenters. The summed E-state index contributed by atoms with van der Waals surface area (Å²) in [7, 11) is 0. The molecule has 6 N–H and O–H groups in total. The van der Waals surface area contributed by atoms with E-state index in [1.165, 1.54) is 12.4 Å². The van der Waals surface area contributed by atoms with Crippen LogP contribution >= 0.6 is 0 Å². The predicted octanol–water partition coefficient (Wildman–Crippen LogP) is 1.03. The number of aromatic nitrogens is 4. The molecule has 3 aliphatic rings. The molecule has 1 aliphatic heterocycles. The van der Waals surface area contributed by atoms with E-state index in [-0.39, 0.29) is 17.8 Å². The number of fused-ring (bicyclic) bond motifs is 1. The normalized spacial score (nSPS) is 22.2. The third-order valence-electron chi connectivity index (χ3n) is 7.26. The number of nitrogens with one attached hydrogen (secondary N) is 2. The van der Waals surface area contributed by atoms with Gasteiger partial charge in [0.25, 0.3) is 0 Å². The first-order chi connectivity index (χ1) is 16.9. The molecule has 3 aromatic rings. The molecule has 1 saturated heterocycles. The highest BCUT2D eigenvalue weighted by atomic mass is 19.1. The van der Waals surface area contributed by atoms with Crippen LogP contribution in [0.25, 0.3) is 11.2 Å². The summed E-state index contributed by atoms with van der Waals surface area (Å²) in [6, 6.07) is 3.98. The number of carbonyl (C=O) groups excluding carboxylic acids is 1. The molecule has 184 valence electrons. The van der Waals surface area contributed by atoms with E-state index < -0.39 is 5.54 Å². The van der Waals surface area contributed by atoms with Gasteiger partial charge in [-0.3, -0.25) is 4.79 Å². The van der Waals surface area contributed by atoms with Crippen LogP contribution in [0.15, 0.2) is 24.8 Å². The molecule has 2 saturated carbocycles. The minimum absolute atomic E-state index is 0.102. The summed E-state index contributed by atoms with van der Waals surface area (Å²) in [5, 5.41) is 6.49.